The average Bonchev–Trinajstić information content (AvgIpc) is 3.14. The fraction of sp³-hybridized carbons (Fsp3) is 0.957. The summed E-state index contributed by atoms with van der Waals surface area (Å²) in [6.07, 6.45) is 34.8. The zero-order chi connectivity index (χ0) is 40.0. The van der Waals surface area contributed by atoms with Crippen molar-refractivity contribution in [2.24, 2.45) is 5.92 Å². The van der Waals surface area contributed by atoms with Crippen molar-refractivity contribution < 1.29 is 28.9 Å². The molecule has 0 aromatic heterocycles. The van der Waals surface area contributed by atoms with Crippen molar-refractivity contribution in [1.82, 2.24) is 9.80 Å². The highest BCUT2D eigenvalue weighted by Crippen LogP contribution is 2.24. The lowest BCUT2D eigenvalue weighted by atomic mass is 9.91. The number of nitrogens with zero attached hydrogens (tertiary/aromatic N) is 2. The Morgan fingerprint density at radius 2 is 1.18 bits per heavy atom. The first-order valence-electron chi connectivity index (χ1n) is 23.9. The van der Waals surface area contributed by atoms with Crippen molar-refractivity contribution in [3.63, 3.8) is 0 Å². The van der Waals surface area contributed by atoms with E-state index in [4.69, 9.17) is 14.2 Å². The third-order valence-corrected chi connectivity index (χ3v) is 11.7. The van der Waals surface area contributed by atoms with Crippen LogP contribution in [0.15, 0.2) is 0 Å². The molecule has 2 unspecified atom stereocenters. The second-order valence-corrected chi connectivity index (χ2v) is 16.9. The van der Waals surface area contributed by atoms with Crippen molar-refractivity contribution in [2.45, 2.75) is 226 Å². The van der Waals surface area contributed by atoms with Crippen LogP contribution in [0.4, 0.5) is 0 Å². The molecule has 1 aliphatic rings. The second-order valence-electron chi connectivity index (χ2n) is 16.9. The summed E-state index contributed by atoms with van der Waals surface area (Å²) in [5.74, 6) is 0.181. The van der Waals surface area contributed by atoms with Crippen LogP contribution in [0.3, 0.4) is 0 Å². The summed E-state index contributed by atoms with van der Waals surface area (Å²) in [6.45, 7) is 14.1. The minimum Gasteiger partial charge on any atom is -0.465 e. The monoisotopic (exact) mass is 781 g/mol. The minimum absolute atomic E-state index is 0.0482. The molecule has 1 rings (SSSR count). The second kappa shape index (κ2) is 38.3. The third kappa shape index (κ3) is 31.5. The highest BCUT2D eigenvalue weighted by molar-refractivity contribution is 5.69. The van der Waals surface area contributed by atoms with E-state index < -0.39 is 0 Å². The van der Waals surface area contributed by atoms with Gasteiger partial charge in [0.15, 0.2) is 0 Å². The smallest absolute Gasteiger partial charge is 0.305 e. The highest BCUT2D eigenvalue weighted by atomic mass is 16.6. The van der Waals surface area contributed by atoms with Gasteiger partial charge in [0.25, 0.3) is 0 Å². The molecular formula is C47H92N2O6. The Balaban J connectivity index is 2.54. The van der Waals surface area contributed by atoms with Gasteiger partial charge in [-0.1, -0.05) is 156 Å². The summed E-state index contributed by atoms with van der Waals surface area (Å²) in [5.41, 5.74) is 0. The molecule has 0 heterocycles. The van der Waals surface area contributed by atoms with Gasteiger partial charge in [-0.05, 0) is 57.4 Å². The van der Waals surface area contributed by atoms with Gasteiger partial charge in [0.05, 0.1) is 19.8 Å². The molecular weight excluding hydrogens is 689 g/mol. The zero-order valence-electron chi connectivity index (χ0n) is 37.0. The predicted octanol–water partition coefficient (Wildman–Crippen LogP) is 11.4. The van der Waals surface area contributed by atoms with E-state index in [1.165, 1.54) is 161 Å². The van der Waals surface area contributed by atoms with E-state index in [9.17, 15) is 14.7 Å². The molecule has 0 saturated heterocycles. The fourth-order valence-corrected chi connectivity index (χ4v) is 7.92. The summed E-state index contributed by atoms with van der Waals surface area (Å²) in [6, 6.07) is 0.565. The minimum atomic E-state index is -0.308. The van der Waals surface area contributed by atoms with E-state index in [0.717, 1.165) is 45.3 Å². The predicted molar refractivity (Wildman–Crippen MR) is 231 cm³/mol. The fourth-order valence-electron chi connectivity index (χ4n) is 7.92. The topological polar surface area (TPSA) is 88.5 Å². The van der Waals surface area contributed by atoms with E-state index in [1.807, 2.05) is 0 Å². The van der Waals surface area contributed by atoms with Crippen molar-refractivity contribution in [3.8, 4) is 0 Å². The normalized spacial score (nSPS) is 14.4. The van der Waals surface area contributed by atoms with Crippen LogP contribution in [0.1, 0.15) is 214 Å². The van der Waals surface area contributed by atoms with Crippen molar-refractivity contribution in [1.29, 1.82) is 0 Å². The van der Waals surface area contributed by atoms with E-state index in [0.29, 0.717) is 51.3 Å². The van der Waals surface area contributed by atoms with Gasteiger partial charge in [0, 0.05) is 52.2 Å². The maximum atomic E-state index is 12.8. The zero-order valence-corrected chi connectivity index (χ0v) is 37.0. The van der Waals surface area contributed by atoms with Crippen LogP contribution in [0.2, 0.25) is 0 Å². The first-order chi connectivity index (χ1) is 26.9. The number of aliphatic hydroxyl groups excluding tert-OH is 1. The van der Waals surface area contributed by atoms with Crippen LogP contribution in [-0.2, 0) is 23.8 Å². The number of rotatable bonds is 42. The maximum Gasteiger partial charge on any atom is 0.305 e. The molecule has 1 N–H and O–H groups in total. The number of carbonyl (C=O) groups excluding carboxylic acids is 2. The van der Waals surface area contributed by atoms with Gasteiger partial charge in [-0.3, -0.25) is 19.4 Å². The van der Waals surface area contributed by atoms with E-state index in [-0.39, 0.29) is 24.6 Å². The molecule has 2 atom stereocenters. The molecule has 0 amide bonds. The first kappa shape index (κ1) is 51.8. The van der Waals surface area contributed by atoms with E-state index in [2.05, 4.69) is 30.6 Å². The van der Waals surface area contributed by atoms with Gasteiger partial charge < -0.3 is 19.3 Å². The van der Waals surface area contributed by atoms with Gasteiger partial charge >= 0.3 is 11.9 Å². The van der Waals surface area contributed by atoms with Crippen molar-refractivity contribution in [2.75, 3.05) is 59.2 Å². The molecule has 0 bridgehead atoms. The van der Waals surface area contributed by atoms with Crippen molar-refractivity contribution >= 4 is 11.9 Å². The summed E-state index contributed by atoms with van der Waals surface area (Å²) in [5, 5.41) is 9.73. The number of esters is 2. The van der Waals surface area contributed by atoms with E-state index in [1.54, 1.807) is 0 Å². The highest BCUT2D eigenvalue weighted by Gasteiger charge is 2.25. The summed E-state index contributed by atoms with van der Waals surface area (Å²) < 4.78 is 17.7. The molecule has 0 spiro atoms. The average molecular weight is 781 g/mol. The Morgan fingerprint density at radius 3 is 1.73 bits per heavy atom. The Bertz CT molecular complexity index is 855. The standard InChI is InChI=1S/C47H92N2O6/c1-5-8-11-14-16-17-18-19-21-27-39-53-42-46(55-43(4)51)40-48(35-36-49(37-38-50)45-31-28-32-45)34-26-22-25-33-47(52)54-41-44(29-23-13-10-7-3)30-24-20-15-12-9-6-2/h44-46,50H,5-42H2,1-4H3. The number of aliphatic hydroxyl groups is 1. The Morgan fingerprint density at radius 1 is 0.636 bits per heavy atom. The lowest BCUT2D eigenvalue weighted by Crippen LogP contribution is -2.47. The number of hydrogen-bond donors (Lipinski definition) is 1. The molecule has 0 aromatic rings. The largest absolute Gasteiger partial charge is 0.465 e. The first-order valence-corrected chi connectivity index (χ1v) is 23.9. The maximum absolute atomic E-state index is 12.8. The molecule has 8 heteroatoms. The lowest BCUT2D eigenvalue weighted by Gasteiger charge is -2.38. The Labute approximate surface area is 340 Å². The molecule has 0 aromatic carbocycles. The van der Waals surface area contributed by atoms with Crippen LogP contribution in [-0.4, -0.2) is 98.1 Å². The van der Waals surface area contributed by atoms with Crippen LogP contribution in [0.5, 0.6) is 0 Å². The van der Waals surface area contributed by atoms with E-state index >= 15 is 0 Å². The number of hydrogen-bond acceptors (Lipinski definition) is 8. The molecule has 8 nitrogen and oxygen atoms in total. The lowest BCUT2D eigenvalue weighted by molar-refractivity contribution is -0.150. The van der Waals surface area contributed by atoms with Gasteiger partial charge in [-0.25, -0.2) is 0 Å². The van der Waals surface area contributed by atoms with Crippen molar-refractivity contribution in [3.05, 3.63) is 0 Å². The van der Waals surface area contributed by atoms with Crippen LogP contribution in [0, 0.1) is 5.92 Å². The number of ether oxygens (including phenoxy) is 3. The quantitative estimate of drug-likeness (QED) is 0.0484. The summed E-state index contributed by atoms with van der Waals surface area (Å²) >= 11 is 0. The van der Waals surface area contributed by atoms with Crippen LogP contribution >= 0.6 is 0 Å². The third-order valence-electron chi connectivity index (χ3n) is 11.7. The number of unbranched alkanes of at least 4 members (excludes halogenated alkanes) is 19. The SMILES string of the molecule is CCCCCCCCCCCCOCC(CN(CCCCCC(=O)OCC(CCCCCC)CCCCCCCC)CCN(CCO)C1CCC1)OC(C)=O. The van der Waals surface area contributed by atoms with Crippen LogP contribution < -0.4 is 0 Å². The summed E-state index contributed by atoms with van der Waals surface area (Å²) in [4.78, 5) is 29.7. The molecule has 1 fully saturated rings. The van der Waals surface area contributed by atoms with Gasteiger partial charge in [0.2, 0.25) is 0 Å². The molecule has 1 aliphatic carbocycles. The van der Waals surface area contributed by atoms with Gasteiger partial charge in [-0.15, -0.1) is 0 Å². The molecule has 0 radical (unpaired) electrons. The summed E-state index contributed by atoms with van der Waals surface area (Å²) in [7, 11) is 0. The molecule has 326 valence electrons. The van der Waals surface area contributed by atoms with Crippen LogP contribution in [0.25, 0.3) is 0 Å². The molecule has 55 heavy (non-hydrogen) atoms. The molecule has 1 saturated carbocycles. The van der Waals surface area contributed by atoms with Gasteiger partial charge in [0.1, 0.15) is 6.10 Å². The Hall–Kier alpha value is -1.22. The Kier molecular flexibility index (Phi) is 36.1. The van der Waals surface area contributed by atoms with Gasteiger partial charge in [-0.2, -0.15) is 0 Å². The number of carbonyl (C=O) groups is 2. The molecule has 0 aliphatic heterocycles.